The van der Waals surface area contributed by atoms with Crippen molar-refractivity contribution in [2.24, 2.45) is 0 Å². The van der Waals surface area contributed by atoms with Gasteiger partial charge >= 0.3 is 0 Å². The minimum Gasteiger partial charge on any atom is -0.370 e. The summed E-state index contributed by atoms with van der Waals surface area (Å²) < 4.78 is 1.15. The molecule has 0 radical (unpaired) electrons. The van der Waals surface area contributed by atoms with E-state index in [1.165, 1.54) is 10.4 Å². The van der Waals surface area contributed by atoms with Crippen molar-refractivity contribution in [1.29, 1.82) is 0 Å². The lowest BCUT2D eigenvalue weighted by molar-refractivity contribution is 0.896. The van der Waals surface area contributed by atoms with E-state index in [9.17, 15) is 0 Å². The van der Waals surface area contributed by atoms with E-state index >= 15 is 0 Å². The van der Waals surface area contributed by atoms with E-state index in [1.807, 2.05) is 0 Å². The summed E-state index contributed by atoms with van der Waals surface area (Å²) in [6.07, 6.45) is 3.66. The van der Waals surface area contributed by atoms with E-state index in [0.29, 0.717) is 0 Å². The van der Waals surface area contributed by atoms with Crippen molar-refractivity contribution in [3.05, 3.63) is 32.7 Å². The molecule has 2 aromatic rings. The van der Waals surface area contributed by atoms with E-state index in [-0.39, 0.29) is 0 Å². The Balaban J connectivity index is 2.17. The fraction of sp³-hybridized carbons (Fsp3) is 0.429. The standard InChI is InChI=1S/C14H19BrN4S/c1-3-5-10-13(16-4-2)18-9-19-14(10)17-8-12-11(15)6-7-20-12/h6-7,9H,3-5,8H2,1-2H3,(H2,16,17,18,19). The Kier molecular flexibility index (Phi) is 5.79. The second-order valence-electron chi connectivity index (χ2n) is 4.38. The molecule has 0 aromatic carbocycles. The average Bonchev–Trinajstić information content (AvgIpc) is 2.85. The molecule has 0 aliphatic rings. The molecule has 4 nitrogen and oxygen atoms in total. The number of aromatic nitrogens is 2. The monoisotopic (exact) mass is 354 g/mol. The Morgan fingerprint density at radius 3 is 2.55 bits per heavy atom. The smallest absolute Gasteiger partial charge is 0.135 e. The van der Waals surface area contributed by atoms with Gasteiger partial charge in [0.2, 0.25) is 0 Å². The van der Waals surface area contributed by atoms with Gasteiger partial charge in [-0.1, -0.05) is 13.3 Å². The molecule has 0 fully saturated rings. The molecule has 2 N–H and O–H groups in total. The first-order chi connectivity index (χ1) is 9.76. The Hall–Kier alpha value is -1.14. The molecule has 2 aromatic heterocycles. The third-order valence-corrected chi connectivity index (χ3v) is 4.82. The number of nitrogens with zero attached hydrogens (tertiary/aromatic N) is 2. The van der Waals surface area contributed by atoms with Crippen LogP contribution in [-0.2, 0) is 13.0 Å². The van der Waals surface area contributed by atoms with Crippen LogP contribution in [-0.4, -0.2) is 16.5 Å². The molecule has 20 heavy (non-hydrogen) atoms. The van der Waals surface area contributed by atoms with Crippen molar-refractivity contribution in [2.45, 2.75) is 33.2 Å². The first kappa shape index (κ1) is 15.3. The quantitative estimate of drug-likeness (QED) is 0.778. The summed E-state index contributed by atoms with van der Waals surface area (Å²) in [5.41, 5.74) is 1.17. The number of rotatable bonds is 7. The van der Waals surface area contributed by atoms with E-state index < -0.39 is 0 Å². The number of hydrogen-bond donors (Lipinski definition) is 2. The predicted molar refractivity (Wildman–Crippen MR) is 89.5 cm³/mol. The average molecular weight is 355 g/mol. The molecule has 0 atom stereocenters. The van der Waals surface area contributed by atoms with Gasteiger partial charge in [-0.05, 0) is 40.7 Å². The zero-order valence-corrected chi connectivity index (χ0v) is 14.1. The van der Waals surface area contributed by atoms with Gasteiger partial charge in [-0.25, -0.2) is 9.97 Å². The van der Waals surface area contributed by atoms with E-state index in [1.54, 1.807) is 17.7 Å². The third-order valence-electron chi connectivity index (χ3n) is 2.90. The summed E-state index contributed by atoms with van der Waals surface area (Å²) in [7, 11) is 0. The minimum atomic E-state index is 0.775. The Bertz CT molecular complexity index is 556. The highest BCUT2D eigenvalue weighted by Gasteiger charge is 2.10. The van der Waals surface area contributed by atoms with Crippen LogP contribution in [0.4, 0.5) is 11.6 Å². The predicted octanol–water partition coefficient (Wildman–Crippen LogP) is 4.30. The van der Waals surface area contributed by atoms with Crippen LogP contribution in [0.25, 0.3) is 0 Å². The van der Waals surface area contributed by atoms with E-state index in [0.717, 1.165) is 42.0 Å². The topological polar surface area (TPSA) is 49.8 Å². The van der Waals surface area contributed by atoms with Gasteiger partial charge < -0.3 is 10.6 Å². The second-order valence-corrected chi connectivity index (χ2v) is 6.23. The molecule has 0 amide bonds. The highest BCUT2D eigenvalue weighted by molar-refractivity contribution is 9.10. The van der Waals surface area contributed by atoms with Crippen molar-refractivity contribution in [2.75, 3.05) is 17.2 Å². The zero-order chi connectivity index (χ0) is 14.4. The molecule has 0 aliphatic carbocycles. The van der Waals surface area contributed by atoms with E-state index in [2.05, 4.69) is 61.8 Å². The molecule has 0 spiro atoms. The van der Waals surface area contributed by atoms with Crippen LogP contribution in [0, 0.1) is 0 Å². The Morgan fingerprint density at radius 1 is 1.20 bits per heavy atom. The van der Waals surface area contributed by atoms with Crippen molar-refractivity contribution in [1.82, 2.24) is 9.97 Å². The summed E-state index contributed by atoms with van der Waals surface area (Å²) in [6.45, 7) is 5.89. The fourth-order valence-electron chi connectivity index (χ4n) is 1.99. The molecule has 108 valence electrons. The normalized spacial score (nSPS) is 10.6. The molecule has 0 saturated carbocycles. The summed E-state index contributed by atoms with van der Waals surface area (Å²) >= 11 is 5.29. The maximum atomic E-state index is 4.40. The minimum absolute atomic E-state index is 0.775. The number of nitrogens with one attached hydrogen (secondary N) is 2. The van der Waals surface area contributed by atoms with Crippen LogP contribution in [0.2, 0.25) is 0 Å². The molecule has 2 heterocycles. The largest absolute Gasteiger partial charge is 0.370 e. The Morgan fingerprint density at radius 2 is 1.95 bits per heavy atom. The lowest BCUT2D eigenvalue weighted by Gasteiger charge is -2.14. The summed E-state index contributed by atoms with van der Waals surface area (Å²) in [5.74, 6) is 1.87. The maximum Gasteiger partial charge on any atom is 0.135 e. The number of hydrogen-bond acceptors (Lipinski definition) is 5. The fourth-order valence-corrected chi connectivity index (χ4v) is 3.42. The molecule has 2 rings (SSSR count). The van der Waals surface area contributed by atoms with Crippen LogP contribution in [0.5, 0.6) is 0 Å². The van der Waals surface area contributed by atoms with Crippen molar-refractivity contribution in [3.8, 4) is 0 Å². The number of halogens is 1. The molecule has 0 bridgehead atoms. The summed E-state index contributed by atoms with van der Waals surface area (Å²) in [5, 5.41) is 8.82. The lowest BCUT2D eigenvalue weighted by atomic mass is 10.1. The van der Waals surface area contributed by atoms with Crippen LogP contribution in [0.15, 0.2) is 22.2 Å². The van der Waals surface area contributed by atoms with Crippen LogP contribution >= 0.6 is 27.3 Å². The van der Waals surface area contributed by atoms with E-state index in [4.69, 9.17) is 0 Å². The molecule has 0 aliphatic heterocycles. The highest BCUT2D eigenvalue weighted by atomic mass is 79.9. The van der Waals surface area contributed by atoms with Gasteiger partial charge in [0.15, 0.2) is 0 Å². The van der Waals surface area contributed by atoms with Gasteiger partial charge in [0, 0.05) is 21.5 Å². The zero-order valence-electron chi connectivity index (χ0n) is 11.7. The van der Waals surface area contributed by atoms with Crippen LogP contribution < -0.4 is 10.6 Å². The molecular formula is C14H19BrN4S. The lowest BCUT2D eigenvalue weighted by Crippen LogP contribution is -2.10. The summed E-state index contributed by atoms with van der Waals surface area (Å²) in [6, 6.07) is 2.07. The van der Waals surface area contributed by atoms with Crippen molar-refractivity contribution in [3.63, 3.8) is 0 Å². The molecule has 0 saturated heterocycles. The van der Waals surface area contributed by atoms with Crippen LogP contribution in [0.1, 0.15) is 30.7 Å². The Labute approximate surface area is 132 Å². The van der Waals surface area contributed by atoms with Gasteiger partial charge in [0.1, 0.15) is 18.0 Å². The van der Waals surface area contributed by atoms with Gasteiger partial charge in [-0.15, -0.1) is 11.3 Å². The highest BCUT2D eigenvalue weighted by Crippen LogP contribution is 2.26. The van der Waals surface area contributed by atoms with Gasteiger partial charge in [-0.3, -0.25) is 0 Å². The second kappa shape index (κ2) is 7.59. The maximum absolute atomic E-state index is 4.40. The van der Waals surface area contributed by atoms with Gasteiger partial charge in [0.25, 0.3) is 0 Å². The van der Waals surface area contributed by atoms with Gasteiger partial charge in [0.05, 0.1) is 6.54 Å². The number of thiophene rings is 1. The van der Waals surface area contributed by atoms with Crippen molar-refractivity contribution >= 4 is 38.9 Å². The molecule has 0 unspecified atom stereocenters. The summed E-state index contributed by atoms with van der Waals surface area (Å²) in [4.78, 5) is 10.0. The molecular weight excluding hydrogens is 336 g/mol. The van der Waals surface area contributed by atoms with Crippen molar-refractivity contribution < 1.29 is 0 Å². The first-order valence-electron chi connectivity index (χ1n) is 6.79. The SMILES string of the molecule is CCCc1c(NCC)ncnc1NCc1sccc1Br. The molecule has 6 heteroatoms. The van der Waals surface area contributed by atoms with Gasteiger partial charge in [-0.2, -0.15) is 0 Å². The first-order valence-corrected chi connectivity index (χ1v) is 8.47. The number of anilines is 2. The van der Waals surface area contributed by atoms with Crippen LogP contribution in [0.3, 0.4) is 0 Å². The third kappa shape index (κ3) is 3.70.